The van der Waals surface area contributed by atoms with Crippen LogP contribution in [-0.2, 0) is 19.4 Å². The Morgan fingerprint density at radius 3 is 2.48 bits per heavy atom. The molecule has 2 aliphatic rings. The number of aryl methyl sites for hydroxylation is 1. The third-order valence-electron chi connectivity index (χ3n) is 6.72. The zero-order chi connectivity index (χ0) is 21.4. The number of rotatable bonds is 5. The number of fused-ring (bicyclic) bond motifs is 2. The van der Waals surface area contributed by atoms with Gasteiger partial charge in [-0.1, -0.05) is 24.3 Å². The van der Waals surface area contributed by atoms with Crippen LogP contribution in [-0.4, -0.2) is 38.8 Å². The third kappa shape index (κ3) is 3.90. The number of aromatic nitrogens is 3. The summed E-state index contributed by atoms with van der Waals surface area (Å²) in [6.07, 6.45) is 9.28. The van der Waals surface area contributed by atoms with Gasteiger partial charge in [0.15, 0.2) is 5.65 Å². The van der Waals surface area contributed by atoms with Gasteiger partial charge in [0.25, 0.3) is 5.91 Å². The Morgan fingerprint density at radius 2 is 1.81 bits per heavy atom. The van der Waals surface area contributed by atoms with E-state index in [0.717, 1.165) is 61.8 Å². The van der Waals surface area contributed by atoms with Crippen molar-refractivity contribution in [3.63, 3.8) is 0 Å². The number of nitrogens with two attached hydrogens (primary N) is 1. The Morgan fingerprint density at radius 1 is 1.10 bits per heavy atom. The molecule has 0 bridgehead atoms. The van der Waals surface area contributed by atoms with E-state index in [0.29, 0.717) is 11.6 Å². The van der Waals surface area contributed by atoms with Gasteiger partial charge in [0.2, 0.25) is 0 Å². The van der Waals surface area contributed by atoms with Crippen molar-refractivity contribution in [3.05, 3.63) is 53.3 Å². The molecule has 0 radical (unpaired) electrons. The first kappa shape index (κ1) is 20.0. The largest absolute Gasteiger partial charge is 0.381 e. The monoisotopic (exact) mass is 418 g/mol. The topological polar surface area (TPSA) is 97.9 Å². The van der Waals surface area contributed by atoms with Crippen molar-refractivity contribution in [2.24, 2.45) is 5.73 Å². The van der Waals surface area contributed by atoms with Crippen molar-refractivity contribution in [1.29, 1.82) is 0 Å². The summed E-state index contributed by atoms with van der Waals surface area (Å²) in [5.74, 6) is -0.0773. The maximum Gasteiger partial charge on any atom is 0.255 e. The average Bonchev–Trinajstić information content (AvgIpc) is 3.38. The lowest BCUT2D eigenvalue weighted by atomic mass is 9.91. The van der Waals surface area contributed by atoms with E-state index in [1.165, 1.54) is 11.1 Å². The number of hydrogen-bond donors (Lipinski definition) is 3. The normalized spacial score (nSPS) is 21.2. The van der Waals surface area contributed by atoms with E-state index in [-0.39, 0.29) is 18.0 Å². The lowest BCUT2D eigenvalue weighted by Crippen LogP contribution is -2.37. The average molecular weight is 419 g/mol. The SMILES string of the molecule is CCn1ncc2c(NC3CCC(N)CC3)c(C(=O)NC3Cc4ccccc4C3)cnc21. The van der Waals surface area contributed by atoms with E-state index < -0.39 is 0 Å². The molecule has 0 unspecified atom stereocenters. The van der Waals surface area contributed by atoms with Gasteiger partial charge in [-0.05, 0) is 56.6 Å². The summed E-state index contributed by atoms with van der Waals surface area (Å²) < 4.78 is 1.87. The summed E-state index contributed by atoms with van der Waals surface area (Å²) in [7, 11) is 0. The van der Waals surface area contributed by atoms with E-state index >= 15 is 0 Å². The van der Waals surface area contributed by atoms with Crippen molar-refractivity contribution in [2.75, 3.05) is 5.32 Å². The molecule has 3 aromatic rings. The molecule has 0 aliphatic heterocycles. The lowest BCUT2D eigenvalue weighted by Gasteiger charge is -2.28. The summed E-state index contributed by atoms with van der Waals surface area (Å²) in [4.78, 5) is 17.9. The fraction of sp³-hybridized carbons (Fsp3) is 0.458. The van der Waals surface area contributed by atoms with Crippen LogP contribution >= 0.6 is 0 Å². The molecule has 4 N–H and O–H groups in total. The molecule has 1 saturated carbocycles. The highest BCUT2D eigenvalue weighted by molar-refractivity contribution is 6.06. The van der Waals surface area contributed by atoms with E-state index in [1.54, 1.807) is 6.20 Å². The van der Waals surface area contributed by atoms with Gasteiger partial charge in [-0.2, -0.15) is 5.10 Å². The zero-order valence-corrected chi connectivity index (χ0v) is 18.0. The van der Waals surface area contributed by atoms with E-state index in [9.17, 15) is 4.79 Å². The standard InChI is InChI=1S/C24H30N6O/c1-2-30-23-20(14-27-30)22(28-18-9-7-17(25)8-10-18)21(13-26-23)24(31)29-19-11-15-5-3-4-6-16(15)12-19/h3-6,13-14,17-19H,2,7-12,25H2,1H3,(H,26,28)(H,29,31). The Bertz CT molecular complexity index is 1070. The smallest absolute Gasteiger partial charge is 0.255 e. The number of carbonyl (C=O) groups is 1. The highest BCUT2D eigenvalue weighted by Crippen LogP contribution is 2.30. The van der Waals surface area contributed by atoms with Crippen LogP contribution in [0.3, 0.4) is 0 Å². The lowest BCUT2D eigenvalue weighted by molar-refractivity contribution is 0.0939. The molecule has 7 nitrogen and oxygen atoms in total. The summed E-state index contributed by atoms with van der Waals surface area (Å²) in [5, 5.41) is 12.3. The Balaban J connectivity index is 1.42. The van der Waals surface area contributed by atoms with Crippen LogP contribution in [0.4, 0.5) is 5.69 Å². The molecule has 162 valence electrons. The van der Waals surface area contributed by atoms with E-state index in [4.69, 9.17) is 5.73 Å². The molecule has 0 atom stereocenters. The highest BCUT2D eigenvalue weighted by atomic mass is 16.1. The van der Waals surface area contributed by atoms with Crippen molar-refractivity contribution in [3.8, 4) is 0 Å². The first-order valence-electron chi connectivity index (χ1n) is 11.4. The molecule has 1 amide bonds. The minimum Gasteiger partial charge on any atom is -0.381 e. The molecule has 7 heteroatoms. The maximum absolute atomic E-state index is 13.3. The van der Waals surface area contributed by atoms with Gasteiger partial charge in [-0.3, -0.25) is 4.79 Å². The molecular weight excluding hydrogens is 388 g/mol. The van der Waals surface area contributed by atoms with Crippen LogP contribution in [0, 0.1) is 0 Å². The second kappa shape index (κ2) is 8.30. The van der Waals surface area contributed by atoms with Crippen molar-refractivity contribution >= 4 is 22.6 Å². The molecular formula is C24H30N6O. The van der Waals surface area contributed by atoms with Crippen LogP contribution in [0.1, 0.15) is 54.1 Å². The van der Waals surface area contributed by atoms with Crippen molar-refractivity contribution in [2.45, 2.75) is 70.1 Å². The van der Waals surface area contributed by atoms with Crippen LogP contribution in [0.2, 0.25) is 0 Å². The molecule has 1 aromatic carbocycles. The number of nitrogens with one attached hydrogen (secondary N) is 2. The summed E-state index contributed by atoms with van der Waals surface area (Å²) in [6, 6.07) is 9.11. The van der Waals surface area contributed by atoms with Crippen LogP contribution < -0.4 is 16.4 Å². The van der Waals surface area contributed by atoms with Gasteiger partial charge in [-0.25, -0.2) is 9.67 Å². The number of pyridine rings is 1. The second-order valence-corrected chi connectivity index (χ2v) is 8.85. The Hall–Kier alpha value is -2.93. The summed E-state index contributed by atoms with van der Waals surface area (Å²) in [5.41, 5.74) is 11.0. The Labute approximate surface area is 182 Å². The quantitative estimate of drug-likeness (QED) is 0.592. The number of anilines is 1. The van der Waals surface area contributed by atoms with Crippen molar-refractivity contribution < 1.29 is 4.79 Å². The molecule has 2 heterocycles. The predicted octanol–water partition coefficient (Wildman–Crippen LogP) is 3.03. The Kier molecular flexibility index (Phi) is 5.36. The fourth-order valence-corrected chi connectivity index (χ4v) is 4.98. The minimum absolute atomic E-state index is 0.0773. The number of nitrogens with zero attached hydrogens (tertiary/aromatic N) is 3. The first-order chi connectivity index (χ1) is 15.1. The van der Waals surface area contributed by atoms with Gasteiger partial charge < -0.3 is 16.4 Å². The molecule has 1 fully saturated rings. The molecule has 0 spiro atoms. The highest BCUT2D eigenvalue weighted by Gasteiger charge is 2.27. The number of amides is 1. The number of benzene rings is 1. The van der Waals surface area contributed by atoms with Gasteiger partial charge in [0.1, 0.15) is 0 Å². The molecule has 2 aliphatic carbocycles. The summed E-state index contributed by atoms with van der Waals surface area (Å²) >= 11 is 0. The van der Waals surface area contributed by atoms with Crippen molar-refractivity contribution in [1.82, 2.24) is 20.1 Å². The summed E-state index contributed by atoms with van der Waals surface area (Å²) in [6.45, 7) is 2.78. The molecule has 31 heavy (non-hydrogen) atoms. The van der Waals surface area contributed by atoms with Gasteiger partial charge in [-0.15, -0.1) is 0 Å². The van der Waals surface area contributed by atoms with Gasteiger partial charge >= 0.3 is 0 Å². The third-order valence-corrected chi connectivity index (χ3v) is 6.72. The maximum atomic E-state index is 13.3. The minimum atomic E-state index is -0.0773. The second-order valence-electron chi connectivity index (χ2n) is 8.85. The number of carbonyl (C=O) groups excluding carboxylic acids is 1. The zero-order valence-electron chi connectivity index (χ0n) is 18.0. The molecule has 0 saturated heterocycles. The van der Waals surface area contributed by atoms with Gasteiger partial charge in [0, 0.05) is 30.9 Å². The van der Waals surface area contributed by atoms with E-state index in [2.05, 4.69) is 45.0 Å². The van der Waals surface area contributed by atoms with Crippen LogP contribution in [0.25, 0.3) is 11.0 Å². The fourth-order valence-electron chi connectivity index (χ4n) is 4.98. The van der Waals surface area contributed by atoms with Crippen LogP contribution in [0.5, 0.6) is 0 Å². The van der Waals surface area contributed by atoms with Gasteiger partial charge in [0.05, 0.1) is 22.8 Å². The van der Waals surface area contributed by atoms with E-state index in [1.807, 2.05) is 17.8 Å². The van der Waals surface area contributed by atoms with Crippen LogP contribution in [0.15, 0.2) is 36.7 Å². The molecule has 2 aromatic heterocycles. The predicted molar refractivity (Wildman–Crippen MR) is 122 cm³/mol. The molecule has 5 rings (SSSR count). The first-order valence-corrected chi connectivity index (χ1v) is 11.4. The number of hydrogen-bond acceptors (Lipinski definition) is 5.